The van der Waals surface area contributed by atoms with Crippen molar-refractivity contribution in [2.75, 3.05) is 13.2 Å². The average molecular weight is 276 g/mol. The Kier molecular flexibility index (Phi) is 4.42. The first-order chi connectivity index (χ1) is 8.20. The number of aromatic nitrogens is 2. The van der Waals surface area contributed by atoms with Crippen LogP contribution in [0.1, 0.15) is 19.3 Å². The first-order valence-corrected chi connectivity index (χ1v) is 6.48. The second-order valence-electron chi connectivity index (χ2n) is 4.32. The van der Waals surface area contributed by atoms with Crippen molar-refractivity contribution in [1.29, 1.82) is 0 Å². The fourth-order valence-corrected chi connectivity index (χ4v) is 2.56. The molecule has 1 fully saturated rings. The van der Waals surface area contributed by atoms with Crippen molar-refractivity contribution in [3.05, 3.63) is 16.4 Å². The Morgan fingerprint density at radius 1 is 1.29 bits per heavy atom. The maximum atomic E-state index is 5.87. The molecule has 2 atom stereocenters. The highest BCUT2D eigenvalue weighted by Gasteiger charge is 2.26. The van der Waals surface area contributed by atoms with E-state index in [0.29, 0.717) is 24.2 Å². The van der Waals surface area contributed by atoms with Crippen LogP contribution < -0.4 is 10.5 Å². The van der Waals surface area contributed by atoms with Gasteiger partial charge in [0.15, 0.2) is 16.1 Å². The molecule has 2 N–H and O–H groups in total. The van der Waals surface area contributed by atoms with Crippen LogP contribution in [-0.4, -0.2) is 23.3 Å². The molecule has 0 aliphatic heterocycles. The molecule has 6 heteroatoms. The fourth-order valence-electron chi connectivity index (χ4n) is 2.28. The summed E-state index contributed by atoms with van der Waals surface area (Å²) in [7, 11) is 0. The topological polar surface area (TPSA) is 61.0 Å². The van der Waals surface area contributed by atoms with Crippen LogP contribution in [0.2, 0.25) is 10.3 Å². The molecule has 4 nitrogen and oxygen atoms in total. The van der Waals surface area contributed by atoms with Gasteiger partial charge in [0.25, 0.3) is 0 Å². The third-order valence-corrected chi connectivity index (χ3v) is 3.71. The van der Waals surface area contributed by atoms with E-state index in [4.69, 9.17) is 33.7 Å². The molecule has 1 aromatic rings. The Labute approximate surface area is 110 Å². The number of hydrogen-bond acceptors (Lipinski definition) is 4. The first-order valence-electron chi connectivity index (χ1n) is 5.72. The Balaban J connectivity index is 1.95. The molecule has 1 aromatic heterocycles. The van der Waals surface area contributed by atoms with Gasteiger partial charge >= 0.3 is 0 Å². The van der Waals surface area contributed by atoms with Gasteiger partial charge in [-0.1, -0.05) is 29.6 Å². The lowest BCUT2D eigenvalue weighted by Crippen LogP contribution is -2.23. The Morgan fingerprint density at radius 2 is 2.06 bits per heavy atom. The molecule has 1 saturated carbocycles. The molecule has 0 spiro atoms. The summed E-state index contributed by atoms with van der Waals surface area (Å²) in [6.45, 7) is 1.33. The molecular formula is C11H15Cl2N3O. The molecular weight excluding hydrogens is 261 g/mol. The average Bonchev–Trinajstić information content (AvgIpc) is 2.77. The summed E-state index contributed by atoms with van der Waals surface area (Å²) in [5, 5.41) is 7.86. The lowest BCUT2D eigenvalue weighted by atomic mass is 9.97. The highest BCUT2D eigenvalue weighted by atomic mass is 35.5. The predicted molar refractivity (Wildman–Crippen MR) is 67.4 cm³/mol. The van der Waals surface area contributed by atoms with E-state index >= 15 is 0 Å². The molecule has 0 radical (unpaired) electrons. The van der Waals surface area contributed by atoms with Gasteiger partial charge in [-0.3, -0.25) is 0 Å². The van der Waals surface area contributed by atoms with Gasteiger partial charge in [-0.05, 0) is 31.2 Å². The van der Waals surface area contributed by atoms with Crippen molar-refractivity contribution in [2.24, 2.45) is 17.6 Å². The molecule has 0 saturated heterocycles. The van der Waals surface area contributed by atoms with Crippen LogP contribution in [0.4, 0.5) is 0 Å². The third kappa shape index (κ3) is 3.21. The van der Waals surface area contributed by atoms with Crippen LogP contribution in [0.3, 0.4) is 0 Å². The quantitative estimate of drug-likeness (QED) is 0.918. The highest BCUT2D eigenvalue weighted by Crippen LogP contribution is 2.32. The van der Waals surface area contributed by atoms with Gasteiger partial charge in [0.05, 0.1) is 6.61 Å². The monoisotopic (exact) mass is 275 g/mol. The summed E-state index contributed by atoms with van der Waals surface area (Å²) in [6.07, 6.45) is 3.57. The number of hydrogen-bond donors (Lipinski definition) is 1. The minimum absolute atomic E-state index is 0.247. The van der Waals surface area contributed by atoms with E-state index in [1.807, 2.05) is 0 Å². The minimum atomic E-state index is 0.247. The maximum Gasteiger partial charge on any atom is 0.193 e. The van der Waals surface area contributed by atoms with E-state index < -0.39 is 0 Å². The maximum absolute atomic E-state index is 5.87. The van der Waals surface area contributed by atoms with Gasteiger partial charge in [0.1, 0.15) is 0 Å². The summed E-state index contributed by atoms with van der Waals surface area (Å²) in [5.74, 6) is 1.55. The van der Waals surface area contributed by atoms with Crippen molar-refractivity contribution in [1.82, 2.24) is 10.2 Å². The molecule has 1 aliphatic carbocycles. The smallest absolute Gasteiger partial charge is 0.193 e. The van der Waals surface area contributed by atoms with Crippen LogP contribution in [0.15, 0.2) is 6.07 Å². The second-order valence-corrected chi connectivity index (χ2v) is 5.07. The summed E-state index contributed by atoms with van der Waals surface area (Å²) in [4.78, 5) is 0. The SMILES string of the molecule is NCC1CCCC1COc1cc(Cl)nnc1Cl. The molecule has 0 amide bonds. The fraction of sp³-hybridized carbons (Fsp3) is 0.636. The van der Waals surface area contributed by atoms with E-state index in [-0.39, 0.29) is 10.3 Å². The van der Waals surface area contributed by atoms with Gasteiger partial charge in [0, 0.05) is 6.07 Å². The molecule has 1 heterocycles. The van der Waals surface area contributed by atoms with E-state index in [2.05, 4.69) is 10.2 Å². The van der Waals surface area contributed by atoms with Gasteiger partial charge in [-0.15, -0.1) is 10.2 Å². The lowest BCUT2D eigenvalue weighted by Gasteiger charge is -2.18. The number of rotatable bonds is 4. The Bertz CT molecular complexity index is 389. The zero-order valence-electron chi connectivity index (χ0n) is 9.40. The van der Waals surface area contributed by atoms with Crippen molar-refractivity contribution in [3.63, 3.8) is 0 Å². The largest absolute Gasteiger partial charge is 0.490 e. The molecule has 94 valence electrons. The second kappa shape index (κ2) is 5.85. The number of halogens is 2. The molecule has 2 rings (SSSR count). The summed E-state index contributed by atoms with van der Waals surface area (Å²) in [6, 6.07) is 1.59. The van der Waals surface area contributed by atoms with Crippen LogP contribution in [-0.2, 0) is 0 Å². The molecule has 0 aromatic carbocycles. The van der Waals surface area contributed by atoms with E-state index in [9.17, 15) is 0 Å². The van der Waals surface area contributed by atoms with Crippen LogP contribution in [0.25, 0.3) is 0 Å². The third-order valence-electron chi connectivity index (χ3n) is 3.26. The Morgan fingerprint density at radius 3 is 2.82 bits per heavy atom. The minimum Gasteiger partial charge on any atom is -0.490 e. The van der Waals surface area contributed by atoms with Crippen LogP contribution in [0, 0.1) is 11.8 Å². The van der Waals surface area contributed by atoms with Gasteiger partial charge in [-0.2, -0.15) is 0 Å². The number of ether oxygens (including phenoxy) is 1. The van der Waals surface area contributed by atoms with Crippen molar-refractivity contribution < 1.29 is 4.74 Å². The van der Waals surface area contributed by atoms with E-state index in [1.165, 1.54) is 12.8 Å². The lowest BCUT2D eigenvalue weighted by molar-refractivity contribution is 0.216. The van der Waals surface area contributed by atoms with Crippen molar-refractivity contribution in [3.8, 4) is 5.75 Å². The summed E-state index contributed by atoms with van der Waals surface area (Å²) in [5.41, 5.74) is 5.72. The first kappa shape index (κ1) is 12.9. The number of nitrogens with zero attached hydrogens (tertiary/aromatic N) is 2. The molecule has 1 aliphatic rings. The Hall–Kier alpha value is -0.580. The van der Waals surface area contributed by atoms with Gasteiger partial charge in [0.2, 0.25) is 0 Å². The molecule has 2 unspecified atom stereocenters. The molecule has 17 heavy (non-hydrogen) atoms. The highest BCUT2D eigenvalue weighted by molar-refractivity contribution is 6.32. The zero-order chi connectivity index (χ0) is 12.3. The number of nitrogens with two attached hydrogens (primary N) is 1. The summed E-state index contributed by atoms with van der Waals surface area (Å²) >= 11 is 11.6. The standard InChI is InChI=1S/C11H15Cl2N3O/c12-10-4-9(11(13)16-15-10)17-6-8-3-1-2-7(8)5-14/h4,7-8H,1-3,5-6,14H2. The predicted octanol–water partition coefficient (Wildman–Crippen LogP) is 2.54. The van der Waals surface area contributed by atoms with Crippen LogP contribution >= 0.6 is 23.2 Å². The van der Waals surface area contributed by atoms with Crippen molar-refractivity contribution in [2.45, 2.75) is 19.3 Å². The van der Waals surface area contributed by atoms with E-state index in [1.54, 1.807) is 6.07 Å². The van der Waals surface area contributed by atoms with E-state index in [0.717, 1.165) is 13.0 Å². The molecule has 0 bridgehead atoms. The van der Waals surface area contributed by atoms with Crippen LogP contribution in [0.5, 0.6) is 5.75 Å². The van der Waals surface area contributed by atoms with Crippen molar-refractivity contribution >= 4 is 23.2 Å². The van der Waals surface area contributed by atoms with Gasteiger partial charge in [-0.25, -0.2) is 0 Å². The van der Waals surface area contributed by atoms with Gasteiger partial charge < -0.3 is 10.5 Å². The summed E-state index contributed by atoms with van der Waals surface area (Å²) < 4.78 is 5.66. The zero-order valence-corrected chi connectivity index (χ0v) is 10.9. The normalized spacial score (nSPS) is 23.9.